The minimum absolute atomic E-state index is 0.236. The quantitative estimate of drug-likeness (QED) is 0.281. The first kappa shape index (κ1) is 21.1. The van der Waals surface area contributed by atoms with Gasteiger partial charge in [-0.1, -0.05) is 38.0 Å². The molecule has 24 heavy (non-hydrogen) atoms. The van der Waals surface area contributed by atoms with Crippen molar-refractivity contribution in [3.63, 3.8) is 0 Å². The molecular weight excluding hydrogens is 348 g/mol. The maximum absolute atomic E-state index is 11.8. The smallest absolute Gasteiger partial charge is 0.344 e. The fourth-order valence-corrected chi connectivity index (χ4v) is 5.37. The number of unbranched alkanes of at least 4 members (excludes halogenated alkanes) is 4. The summed E-state index contributed by atoms with van der Waals surface area (Å²) in [5, 5.41) is -1.62. The van der Waals surface area contributed by atoms with Crippen LogP contribution in [0.1, 0.15) is 44.6 Å². The molecule has 0 aliphatic heterocycles. The van der Waals surface area contributed by atoms with Crippen LogP contribution in [0.5, 0.6) is 0 Å². The molecule has 0 amide bonds. The van der Waals surface area contributed by atoms with Gasteiger partial charge in [-0.05, 0) is 12.5 Å². The van der Waals surface area contributed by atoms with E-state index in [0.29, 0.717) is 5.56 Å². The zero-order valence-electron chi connectivity index (χ0n) is 14.1. The largest absolute Gasteiger partial charge is 0.344 e. The van der Waals surface area contributed by atoms with Gasteiger partial charge < -0.3 is 14.7 Å². The molecule has 0 fully saturated rings. The average Bonchev–Trinajstić information content (AvgIpc) is 2.46. The van der Waals surface area contributed by atoms with E-state index in [0.717, 1.165) is 25.9 Å². The number of hydrogen-bond acceptors (Lipinski definition) is 2. The normalized spacial score (nSPS) is 15.2. The lowest BCUT2D eigenvalue weighted by Gasteiger charge is -2.18. The first-order valence-corrected chi connectivity index (χ1v) is 11.8. The predicted molar refractivity (Wildman–Crippen MR) is 93.9 cm³/mol. The molecule has 0 aliphatic rings. The van der Waals surface area contributed by atoms with Crippen molar-refractivity contribution >= 4 is 15.0 Å². The zero-order valence-corrected chi connectivity index (χ0v) is 15.9. The molecule has 6 nitrogen and oxygen atoms in total. The van der Waals surface area contributed by atoms with Crippen molar-refractivity contribution in [1.82, 2.24) is 0 Å². The summed E-state index contributed by atoms with van der Waals surface area (Å²) in [4.78, 5) is 28.3. The monoisotopic (exact) mass is 374 g/mol. The van der Waals surface area contributed by atoms with Crippen LogP contribution in [-0.4, -0.2) is 26.7 Å². The Bertz CT molecular complexity index is 661. The van der Waals surface area contributed by atoms with Crippen molar-refractivity contribution in [3.05, 3.63) is 30.1 Å². The summed E-state index contributed by atoms with van der Waals surface area (Å²) in [6.45, 7) is 2.89. The molecule has 0 bridgehead atoms. The molecule has 0 aromatic carbocycles. The van der Waals surface area contributed by atoms with Gasteiger partial charge in [-0.15, -0.1) is 0 Å². The van der Waals surface area contributed by atoms with Gasteiger partial charge in [0.15, 0.2) is 24.3 Å². The highest BCUT2D eigenvalue weighted by Crippen LogP contribution is 2.60. The molecule has 0 spiro atoms. The Hall–Kier alpha value is -0.950. The summed E-state index contributed by atoms with van der Waals surface area (Å²) >= 11 is 0. The van der Waals surface area contributed by atoms with E-state index in [1.165, 1.54) is 17.4 Å². The van der Waals surface area contributed by atoms with E-state index in [2.05, 4.69) is 18.8 Å². The Kier molecular flexibility index (Phi) is 8.36. The highest BCUT2D eigenvalue weighted by Gasteiger charge is 2.43. The second-order valence-electron chi connectivity index (χ2n) is 5.91. The Morgan fingerprint density at radius 2 is 1.92 bits per heavy atom. The van der Waals surface area contributed by atoms with Gasteiger partial charge in [-0.3, -0.25) is 9.13 Å². The zero-order chi connectivity index (χ0) is 18.2. The van der Waals surface area contributed by atoms with E-state index in [1.54, 1.807) is 24.5 Å². The molecule has 1 aromatic rings. The van der Waals surface area contributed by atoms with Gasteiger partial charge in [-0.25, -0.2) is 4.57 Å². The van der Waals surface area contributed by atoms with Crippen LogP contribution in [0.4, 0.5) is 0 Å². The lowest BCUT2D eigenvalue weighted by atomic mass is 10.1. The van der Waals surface area contributed by atoms with E-state index in [1.807, 2.05) is 0 Å². The molecule has 0 saturated heterocycles. The van der Waals surface area contributed by atoms with Crippen LogP contribution in [0.25, 0.3) is 0 Å². The van der Waals surface area contributed by atoms with Crippen LogP contribution in [0.2, 0.25) is 0 Å². The average molecular weight is 374 g/mol. The highest BCUT2D eigenvalue weighted by atomic mass is 31.2. The number of nitrogens with zero attached hydrogens (tertiary/aromatic N) is 1. The molecule has 0 saturated carbocycles. The molecule has 1 heterocycles. The topological polar surface area (TPSA) is 98.7 Å². The number of rotatable bonds is 8. The van der Waals surface area contributed by atoms with E-state index >= 15 is 0 Å². The Balaban J connectivity index is 2.80. The van der Waals surface area contributed by atoms with Crippen molar-refractivity contribution < 1.29 is 28.4 Å². The van der Waals surface area contributed by atoms with Crippen LogP contribution in [-0.2, 0) is 15.7 Å². The summed E-state index contributed by atoms with van der Waals surface area (Å²) in [5.74, 6) is 6.10. The van der Waals surface area contributed by atoms with Gasteiger partial charge in [0.2, 0.25) is 7.37 Å². The molecular formula is C16H26NO5P2+. The van der Waals surface area contributed by atoms with Gasteiger partial charge in [0.1, 0.15) is 0 Å². The number of hydrogen-bond donors (Lipinski definition) is 3. The summed E-state index contributed by atoms with van der Waals surface area (Å²) in [6, 6.07) is 3.50. The van der Waals surface area contributed by atoms with Gasteiger partial charge in [0, 0.05) is 19.2 Å². The maximum Gasteiger partial charge on any atom is 0.344 e. The molecule has 134 valence electrons. The van der Waals surface area contributed by atoms with E-state index in [4.69, 9.17) is 0 Å². The van der Waals surface area contributed by atoms with Crippen molar-refractivity contribution in [2.45, 2.75) is 51.0 Å². The second-order valence-corrected chi connectivity index (χ2v) is 10.6. The molecule has 3 N–H and O–H groups in total. The minimum Gasteiger partial charge on any atom is -0.344 e. The Morgan fingerprint density at radius 3 is 2.50 bits per heavy atom. The number of pyridine rings is 1. The minimum atomic E-state index is -4.68. The summed E-state index contributed by atoms with van der Waals surface area (Å²) in [7, 11) is -8.62. The molecule has 1 rings (SSSR count). The Morgan fingerprint density at radius 1 is 1.21 bits per heavy atom. The highest BCUT2D eigenvalue weighted by molar-refractivity contribution is 7.73. The Labute approximate surface area is 143 Å². The van der Waals surface area contributed by atoms with Crippen LogP contribution in [0, 0.1) is 11.8 Å². The summed E-state index contributed by atoms with van der Waals surface area (Å²) < 4.78 is 24.8. The number of aromatic nitrogens is 1. The van der Waals surface area contributed by atoms with Gasteiger partial charge in [0.25, 0.3) is 0 Å². The molecule has 1 aromatic heterocycles. The standard InChI is InChI=1S/C16H25NO5P2/c1-3-4-5-6-7-8-10-15-11-9-12-17(13-15)14-16(23(2,18)19)24(20,21)22/h9,11-13,16H,3-7,14H2,1-2H3,(H2-,18,19,20,21,22)/p+1. The maximum atomic E-state index is 11.8. The van der Waals surface area contributed by atoms with E-state index in [9.17, 15) is 23.8 Å². The SMILES string of the molecule is CCCCCCC#Cc1ccc[n+](CC(P(C)(=O)O)P(=O)(O)O)c1. The summed E-state index contributed by atoms with van der Waals surface area (Å²) in [5.41, 5.74) is 0.710. The van der Waals surface area contributed by atoms with Crippen molar-refractivity contribution in [3.8, 4) is 11.8 Å². The third-order valence-electron chi connectivity index (χ3n) is 3.56. The van der Waals surface area contributed by atoms with Gasteiger partial charge >= 0.3 is 7.60 Å². The van der Waals surface area contributed by atoms with Gasteiger partial charge in [0.05, 0.1) is 5.56 Å². The first-order valence-electron chi connectivity index (χ1n) is 7.97. The predicted octanol–water partition coefficient (Wildman–Crippen LogP) is 2.70. The van der Waals surface area contributed by atoms with Crippen LogP contribution in [0.15, 0.2) is 24.5 Å². The molecule has 2 unspecified atom stereocenters. The first-order chi connectivity index (χ1) is 11.1. The third kappa shape index (κ3) is 7.75. The lowest BCUT2D eigenvalue weighted by molar-refractivity contribution is -0.694. The van der Waals surface area contributed by atoms with Crippen LogP contribution >= 0.6 is 15.0 Å². The molecule has 8 heteroatoms. The fraction of sp³-hybridized carbons (Fsp3) is 0.562. The lowest BCUT2D eigenvalue weighted by Crippen LogP contribution is -2.39. The van der Waals surface area contributed by atoms with Crippen molar-refractivity contribution in [2.24, 2.45) is 0 Å². The van der Waals surface area contributed by atoms with E-state index < -0.39 is 20.4 Å². The molecule has 0 aliphatic carbocycles. The third-order valence-corrected chi connectivity index (χ3v) is 7.96. The second kappa shape index (κ2) is 9.51. The van der Waals surface area contributed by atoms with E-state index in [-0.39, 0.29) is 6.54 Å². The molecule has 2 atom stereocenters. The fourth-order valence-electron chi connectivity index (χ4n) is 2.24. The van der Waals surface area contributed by atoms with Crippen LogP contribution < -0.4 is 4.57 Å². The molecule has 0 radical (unpaired) electrons. The van der Waals surface area contributed by atoms with Crippen LogP contribution in [0.3, 0.4) is 0 Å². The van der Waals surface area contributed by atoms with Crippen molar-refractivity contribution in [2.75, 3.05) is 6.66 Å². The summed E-state index contributed by atoms with van der Waals surface area (Å²) in [6.07, 6.45) is 8.64. The van der Waals surface area contributed by atoms with Crippen molar-refractivity contribution in [1.29, 1.82) is 0 Å². The van der Waals surface area contributed by atoms with Gasteiger partial charge in [-0.2, -0.15) is 0 Å².